The van der Waals surface area contributed by atoms with Gasteiger partial charge in [-0.15, -0.1) is 6.58 Å². The Morgan fingerprint density at radius 3 is 2.42 bits per heavy atom. The Balaban J connectivity index is 1.45. The average Bonchev–Trinajstić information content (AvgIpc) is 2.92. The number of hydrogen-bond donors (Lipinski definition) is 0. The molecule has 1 saturated heterocycles. The zero-order chi connectivity index (χ0) is 25.3. The van der Waals surface area contributed by atoms with E-state index in [2.05, 4.69) is 29.7 Å². The summed E-state index contributed by atoms with van der Waals surface area (Å²) in [6, 6.07) is 25.5. The molecule has 5 nitrogen and oxygen atoms in total. The number of allylic oxidation sites excluding steroid dienone is 1. The Kier molecular flexibility index (Phi) is 8.44. The molecule has 0 bridgehead atoms. The van der Waals surface area contributed by atoms with Crippen molar-refractivity contribution >= 4 is 29.3 Å². The van der Waals surface area contributed by atoms with Crippen LogP contribution in [0.15, 0.2) is 91.0 Å². The van der Waals surface area contributed by atoms with Gasteiger partial charge in [0.05, 0.1) is 0 Å². The molecule has 0 spiro atoms. The third-order valence-corrected chi connectivity index (χ3v) is 6.51. The lowest BCUT2D eigenvalue weighted by Gasteiger charge is -2.36. The molecule has 3 aromatic rings. The van der Waals surface area contributed by atoms with Crippen molar-refractivity contribution in [1.29, 1.82) is 5.26 Å². The van der Waals surface area contributed by atoms with Gasteiger partial charge < -0.3 is 14.5 Å². The second-order valence-electron chi connectivity index (χ2n) is 8.52. The highest BCUT2D eigenvalue weighted by atomic mass is 35.5. The van der Waals surface area contributed by atoms with Crippen molar-refractivity contribution in [3.63, 3.8) is 0 Å². The molecule has 0 aromatic heterocycles. The number of para-hydroxylation sites is 1. The number of hydrogen-bond acceptors (Lipinski definition) is 4. The van der Waals surface area contributed by atoms with Gasteiger partial charge in [-0.2, -0.15) is 5.26 Å². The van der Waals surface area contributed by atoms with Crippen molar-refractivity contribution in [1.82, 2.24) is 4.90 Å². The van der Waals surface area contributed by atoms with Crippen molar-refractivity contribution in [2.24, 2.45) is 0 Å². The van der Waals surface area contributed by atoms with Gasteiger partial charge >= 0.3 is 0 Å². The maximum atomic E-state index is 13.1. The lowest BCUT2D eigenvalue weighted by atomic mass is 10.0. The zero-order valence-corrected chi connectivity index (χ0v) is 20.8. The molecule has 0 unspecified atom stereocenters. The monoisotopic (exact) mass is 497 g/mol. The molecule has 0 aliphatic carbocycles. The van der Waals surface area contributed by atoms with Crippen LogP contribution < -0.4 is 9.64 Å². The molecule has 1 aliphatic rings. The SMILES string of the molecule is C=CCc1cc(/C=C(/C#N)C(=O)N2CCN(c3ccccc3)CC2)ccc1OCc1ccccc1Cl. The van der Waals surface area contributed by atoms with Gasteiger partial charge in [-0.3, -0.25) is 4.79 Å². The Labute approximate surface area is 217 Å². The van der Waals surface area contributed by atoms with E-state index in [0.717, 1.165) is 35.5 Å². The second-order valence-corrected chi connectivity index (χ2v) is 8.93. The number of nitrogens with zero attached hydrogens (tertiary/aromatic N) is 3. The average molecular weight is 498 g/mol. The van der Waals surface area contributed by atoms with Gasteiger partial charge in [0, 0.05) is 42.5 Å². The Morgan fingerprint density at radius 1 is 1.00 bits per heavy atom. The molecule has 1 heterocycles. The van der Waals surface area contributed by atoms with E-state index in [-0.39, 0.29) is 11.5 Å². The highest BCUT2D eigenvalue weighted by molar-refractivity contribution is 6.31. The first-order chi connectivity index (χ1) is 17.6. The summed E-state index contributed by atoms with van der Waals surface area (Å²) >= 11 is 6.25. The summed E-state index contributed by atoms with van der Waals surface area (Å²) in [5, 5.41) is 10.4. The maximum Gasteiger partial charge on any atom is 0.264 e. The summed E-state index contributed by atoms with van der Waals surface area (Å²) in [5.41, 5.74) is 3.86. The molecule has 182 valence electrons. The van der Waals surface area contributed by atoms with Crippen LogP contribution >= 0.6 is 11.6 Å². The summed E-state index contributed by atoms with van der Waals surface area (Å²) < 4.78 is 6.03. The number of nitriles is 1. The number of anilines is 1. The number of carbonyl (C=O) groups excluding carboxylic acids is 1. The van der Waals surface area contributed by atoms with Crippen LogP contribution in [0.2, 0.25) is 5.02 Å². The molecule has 0 N–H and O–H groups in total. The van der Waals surface area contributed by atoms with Crippen LogP contribution in [0.5, 0.6) is 5.75 Å². The highest BCUT2D eigenvalue weighted by Crippen LogP contribution is 2.25. The summed E-state index contributed by atoms with van der Waals surface area (Å²) in [5.74, 6) is 0.475. The molecule has 4 rings (SSSR count). The number of piperazine rings is 1. The zero-order valence-electron chi connectivity index (χ0n) is 20.1. The Hall–Kier alpha value is -4.01. The molecule has 1 amide bonds. The minimum Gasteiger partial charge on any atom is -0.489 e. The van der Waals surface area contributed by atoms with Gasteiger partial charge in [-0.25, -0.2) is 0 Å². The third kappa shape index (κ3) is 6.16. The van der Waals surface area contributed by atoms with Gasteiger partial charge in [0.1, 0.15) is 24.0 Å². The largest absolute Gasteiger partial charge is 0.489 e. The van der Waals surface area contributed by atoms with Crippen LogP contribution in [0, 0.1) is 11.3 Å². The van der Waals surface area contributed by atoms with E-state index in [4.69, 9.17) is 16.3 Å². The van der Waals surface area contributed by atoms with E-state index in [9.17, 15) is 10.1 Å². The number of halogens is 1. The van der Waals surface area contributed by atoms with E-state index in [1.54, 1.807) is 17.1 Å². The van der Waals surface area contributed by atoms with E-state index >= 15 is 0 Å². The van der Waals surface area contributed by atoms with Crippen LogP contribution in [0.3, 0.4) is 0 Å². The third-order valence-electron chi connectivity index (χ3n) is 6.14. The Morgan fingerprint density at radius 2 is 1.72 bits per heavy atom. The number of amides is 1. The number of rotatable bonds is 8. The topological polar surface area (TPSA) is 56.6 Å². The quantitative estimate of drug-likeness (QED) is 0.221. The predicted molar refractivity (Wildman–Crippen MR) is 145 cm³/mol. The summed E-state index contributed by atoms with van der Waals surface area (Å²) in [6.45, 7) is 6.80. The number of carbonyl (C=O) groups is 1. The molecular weight excluding hydrogens is 470 g/mol. The van der Waals surface area contributed by atoms with Crippen molar-refractivity contribution in [2.45, 2.75) is 13.0 Å². The van der Waals surface area contributed by atoms with Gasteiger partial charge in [0.25, 0.3) is 5.91 Å². The lowest BCUT2D eigenvalue weighted by molar-refractivity contribution is -0.126. The molecule has 0 atom stereocenters. The first-order valence-corrected chi connectivity index (χ1v) is 12.3. The van der Waals surface area contributed by atoms with Crippen molar-refractivity contribution in [2.75, 3.05) is 31.1 Å². The molecule has 36 heavy (non-hydrogen) atoms. The van der Waals surface area contributed by atoms with Gasteiger partial charge in [0.2, 0.25) is 0 Å². The van der Waals surface area contributed by atoms with Crippen LogP contribution in [-0.2, 0) is 17.8 Å². The highest BCUT2D eigenvalue weighted by Gasteiger charge is 2.24. The molecule has 3 aromatic carbocycles. The first kappa shape index (κ1) is 25.1. The molecule has 0 radical (unpaired) electrons. The minimum absolute atomic E-state index is 0.123. The summed E-state index contributed by atoms with van der Waals surface area (Å²) in [7, 11) is 0. The molecule has 1 aliphatic heterocycles. The predicted octanol–water partition coefficient (Wildman–Crippen LogP) is 5.90. The van der Waals surface area contributed by atoms with Gasteiger partial charge in [-0.05, 0) is 54.0 Å². The second kappa shape index (κ2) is 12.1. The normalized spacial score (nSPS) is 13.7. The van der Waals surface area contributed by atoms with Crippen LogP contribution in [0.25, 0.3) is 6.08 Å². The van der Waals surface area contributed by atoms with E-state index < -0.39 is 0 Å². The van der Waals surface area contributed by atoms with E-state index in [1.807, 2.05) is 60.7 Å². The number of ether oxygens (including phenoxy) is 1. The summed E-state index contributed by atoms with van der Waals surface area (Å²) in [4.78, 5) is 17.1. The standard InChI is InChI=1S/C30H28ClN3O2/c1-2-8-24-19-23(13-14-29(24)36-22-25-9-6-7-12-28(25)31)20-26(21-32)30(35)34-17-15-33(16-18-34)27-10-4-3-5-11-27/h2-7,9-14,19-20H,1,8,15-18,22H2/b26-20-. The first-order valence-electron chi connectivity index (χ1n) is 11.9. The summed E-state index contributed by atoms with van der Waals surface area (Å²) in [6.07, 6.45) is 4.04. The molecule has 6 heteroatoms. The fourth-order valence-electron chi connectivity index (χ4n) is 4.20. The lowest BCUT2D eigenvalue weighted by Crippen LogP contribution is -2.49. The molecule has 0 saturated carbocycles. The minimum atomic E-state index is -0.241. The number of benzene rings is 3. The van der Waals surface area contributed by atoms with E-state index in [1.165, 1.54) is 0 Å². The Bertz CT molecular complexity index is 1290. The van der Waals surface area contributed by atoms with Crippen molar-refractivity contribution < 1.29 is 9.53 Å². The van der Waals surface area contributed by atoms with Crippen molar-refractivity contribution in [3.05, 3.63) is 113 Å². The molecular formula is C30H28ClN3O2. The fraction of sp³-hybridized carbons (Fsp3) is 0.200. The van der Waals surface area contributed by atoms with Gasteiger partial charge in [0.15, 0.2) is 0 Å². The van der Waals surface area contributed by atoms with Gasteiger partial charge in [-0.1, -0.05) is 60.1 Å². The smallest absolute Gasteiger partial charge is 0.264 e. The fourth-order valence-corrected chi connectivity index (χ4v) is 4.39. The van der Waals surface area contributed by atoms with Crippen LogP contribution in [0.4, 0.5) is 5.69 Å². The van der Waals surface area contributed by atoms with Crippen molar-refractivity contribution in [3.8, 4) is 11.8 Å². The maximum absolute atomic E-state index is 13.1. The van der Waals surface area contributed by atoms with Crippen LogP contribution in [0.1, 0.15) is 16.7 Å². The van der Waals surface area contributed by atoms with Crippen LogP contribution in [-0.4, -0.2) is 37.0 Å². The molecule has 1 fully saturated rings. The van der Waals surface area contributed by atoms with E-state index in [0.29, 0.717) is 36.9 Å².